The number of unbranched alkanes of at least 4 members (excludes halogenated alkanes) is 1. The summed E-state index contributed by atoms with van der Waals surface area (Å²) in [5, 5.41) is 5.44. The summed E-state index contributed by atoms with van der Waals surface area (Å²) in [6, 6.07) is 24.6. The molecule has 208 valence electrons. The average molecular weight is 543 g/mol. The monoisotopic (exact) mass is 542 g/mol. The zero-order chi connectivity index (χ0) is 28.2. The van der Waals surface area contributed by atoms with Gasteiger partial charge in [-0.15, -0.1) is 0 Å². The molecule has 0 spiro atoms. The van der Waals surface area contributed by atoms with E-state index < -0.39 is 18.1 Å². The molecule has 1 atom stereocenters. The molecule has 0 radical (unpaired) electrons. The number of aldehydes is 1. The van der Waals surface area contributed by atoms with Crippen molar-refractivity contribution in [3.8, 4) is 11.1 Å². The fourth-order valence-corrected chi connectivity index (χ4v) is 4.84. The summed E-state index contributed by atoms with van der Waals surface area (Å²) in [5.74, 6) is -0.834. The Hall–Kier alpha value is -4.46. The first-order chi connectivity index (χ1) is 19.6. The van der Waals surface area contributed by atoms with Crippen molar-refractivity contribution in [3.05, 3.63) is 95.6 Å². The highest BCUT2D eigenvalue weighted by Crippen LogP contribution is 2.44. The van der Waals surface area contributed by atoms with Crippen molar-refractivity contribution in [2.45, 2.75) is 50.7 Å². The minimum absolute atomic E-state index is 0.0926. The van der Waals surface area contributed by atoms with Crippen molar-refractivity contribution >= 4 is 24.3 Å². The Bertz CT molecular complexity index is 1260. The number of carbonyl (C=O) groups is 4. The van der Waals surface area contributed by atoms with Gasteiger partial charge < -0.3 is 24.9 Å². The molecule has 3 aromatic carbocycles. The largest absolute Gasteiger partial charge is 0.459 e. The van der Waals surface area contributed by atoms with Gasteiger partial charge in [0, 0.05) is 25.3 Å². The van der Waals surface area contributed by atoms with Crippen LogP contribution in [0.4, 0.5) is 4.79 Å². The molecule has 0 saturated heterocycles. The maximum absolute atomic E-state index is 12.9. The molecule has 8 nitrogen and oxygen atoms in total. The van der Waals surface area contributed by atoms with Gasteiger partial charge in [0.1, 0.15) is 25.5 Å². The molecule has 0 aromatic heterocycles. The Kier molecular flexibility index (Phi) is 10.4. The van der Waals surface area contributed by atoms with Crippen molar-refractivity contribution in [1.29, 1.82) is 0 Å². The van der Waals surface area contributed by atoms with Crippen molar-refractivity contribution in [2.75, 3.05) is 13.2 Å². The Morgan fingerprint density at radius 1 is 0.825 bits per heavy atom. The molecule has 0 saturated carbocycles. The van der Waals surface area contributed by atoms with E-state index in [-0.39, 0.29) is 37.9 Å². The predicted molar refractivity (Wildman–Crippen MR) is 150 cm³/mol. The van der Waals surface area contributed by atoms with Gasteiger partial charge in [-0.3, -0.25) is 4.79 Å². The van der Waals surface area contributed by atoms with Gasteiger partial charge in [-0.05, 0) is 47.1 Å². The maximum Gasteiger partial charge on any atom is 0.407 e. The summed E-state index contributed by atoms with van der Waals surface area (Å²) in [6.07, 6.45) is 1.84. The van der Waals surface area contributed by atoms with Crippen molar-refractivity contribution in [1.82, 2.24) is 10.6 Å². The molecule has 2 amide bonds. The van der Waals surface area contributed by atoms with Gasteiger partial charge in [-0.1, -0.05) is 78.9 Å². The van der Waals surface area contributed by atoms with Crippen LogP contribution in [-0.4, -0.2) is 43.4 Å². The number of alkyl carbamates (subject to hydrolysis) is 1. The molecular formula is C32H34N2O6. The summed E-state index contributed by atoms with van der Waals surface area (Å²) in [6.45, 7) is 0.641. The van der Waals surface area contributed by atoms with E-state index in [1.54, 1.807) is 0 Å². The molecule has 1 aliphatic rings. The molecule has 0 aliphatic heterocycles. The van der Waals surface area contributed by atoms with Crippen LogP contribution in [0.1, 0.15) is 54.7 Å². The van der Waals surface area contributed by atoms with E-state index in [1.807, 2.05) is 66.7 Å². The number of amides is 2. The van der Waals surface area contributed by atoms with E-state index in [2.05, 4.69) is 22.8 Å². The third-order valence-corrected chi connectivity index (χ3v) is 6.88. The number of nitrogens with one attached hydrogen (secondary N) is 2. The smallest absolute Gasteiger partial charge is 0.407 e. The lowest BCUT2D eigenvalue weighted by molar-refractivity contribution is -0.147. The number of esters is 1. The second-order valence-electron chi connectivity index (χ2n) is 9.67. The minimum atomic E-state index is -0.898. The molecule has 1 aliphatic carbocycles. The lowest BCUT2D eigenvalue weighted by Crippen LogP contribution is -2.42. The van der Waals surface area contributed by atoms with Crippen LogP contribution in [0.25, 0.3) is 11.1 Å². The van der Waals surface area contributed by atoms with Gasteiger partial charge in [0.05, 0.1) is 0 Å². The Morgan fingerprint density at radius 3 is 2.15 bits per heavy atom. The van der Waals surface area contributed by atoms with Crippen LogP contribution in [0, 0.1) is 0 Å². The quantitative estimate of drug-likeness (QED) is 0.170. The molecule has 0 heterocycles. The number of carbonyl (C=O) groups excluding carboxylic acids is 4. The first-order valence-corrected chi connectivity index (χ1v) is 13.6. The number of fused-ring (bicyclic) bond motifs is 3. The molecule has 1 unspecified atom stereocenters. The average Bonchev–Trinajstić information content (AvgIpc) is 3.31. The van der Waals surface area contributed by atoms with Gasteiger partial charge in [-0.2, -0.15) is 0 Å². The first-order valence-electron chi connectivity index (χ1n) is 13.6. The zero-order valence-electron chi connectivity index (χ0n) is 22.3. The molecule has 8 heteroatoms. The molecular weight excluding hydrogens is 508 g/mol. The van der Waals surface area contributed by atoms with Gasteiger partial charge in [0.25, 0.3) is 0 Å². The number of ether oxygens (including phenoxy) is 2. The van der Waals surface area contributed by atoms with E-state index in [1.165, 1.54) is 0 Å². The Morgan fingerprint density at radius 2 is 1.48 bits per heavy atom. The van der Waals surface area contributed by atoms with E-state index >= 15 is 0 Å². The Balaban J connectivity index is 1.32. The summed E-state index contributed by atoms with van der Waals surface area (Å²) in [5.41, 5.74) is 5.31. The highest BCUT2D eigenvalue weighted by atomic mass is 16.6. The second kappa shape index (κ2) is 14.6. The van der Waals surface area contributed by atoms with Gasteiger partial charge in [0.2, 0.25) is 5.91 Å². The molecule has 4 rings (SSSR count). The van der Waals surface area contributed by atoms with Crippen LogP contribution in [0.3, 0.4) is 0 Å². The number of benzene rings is 3. The van der Waals surface area contributed by atoms with Crippen LogP contribution >= 0.6 is 0 Å². The Labute approximate surface area is 234 Å². The first kappa shape index (κ1) is 28.5. The molecule has 0 bridgehead atoms. The van der Waals surface area contributed by atoms with E-state index in [0.29, 0.717) is 32.1 Å². The lowest BCUT2D eigenvalue weighted by atomic mass is 9.98. The standard InChI is InChI=1S/C32H34N2O6/c35-20-10-18-30(36)33-19-9-8-17-29(31(37)39-21-23-11-2-1-3-12-23)34-32(38)40-22-28-26-15-6-4-13-24(26)25-14-5-7-16-27(25)28/h1-7,11-16,20,28-29H,8-10,17-19,21-22H2,(H,33,36)(H,34,38). The summed E-state index contributed by atoms with van der Waals surface area (Å²) >= 11 is 0. The van der Waals surface area contributed by atoms with Crippen LogP contribution in [-0.2, 0) is 30.5 Å². The van der Waals surface area contributed by atoms with Crippen LogP contribution in [0.2, 0.25) is 0 Å². The van der Waals surface area contributed by atoms with Gasteiger partial charge >= 0.3 is 12.1 Å². The number of rotatable bonds is 14. The summed E-state index contributed by atoms with van der Waals surface area (Å²) in [4.78, 5) is 47.9. The number of hydrogen-bond donors (Lipinski definition) is 2. The summed E-state index contributed by atoms with van der Waals surface area (Å²) < 4.78 is 11.1. The highest BCUT2D eigenvalue weighted by Gasteiger charge is 2.30. The van der Waals surface area contributed by atoms with Crippen LogP contribution in [0.15, 0.2) is 78.9 Å². The van der Waals surface area contributed by atoms with Gasteiger partial charge in [0.15, 0.2) is 0 Å². The number of hydrogen-bond acceptors (Lipinski definition) is 6. The third kappa shape index (κ3) is 7.79. The minimum Gasteiger partial charge on any atom is -0.459 e. The topological polar surface area (TPSA) is 111 Å². The van der Waals surface area contributed by atoms with Gasteiger partial charge in [-0.25, -0.2) is 9.59 Å². The van der Waals surface area contributed by atoms with Crippen molar-refractivity contribution < 1.29 is 28.7 Å². The van der Waals surface area contributed by atoms with Crippen molar-refractivity contribution in [3.63, 3.8) is 0 Å². The fourth-order valence-electron chi connectivity index (χ4n) is 4.84. The van der Waals surface area contributed by atoms with E-state index in [4.69, 9.17) is 9.47 Å². The van der Waals surface area contributed by atoms with Crippen LogP contribution < -0.4 is 10.6 Å². The van der Waals surface area contributed by atoms with E-state index in [0.717, 1.165) is 27.8 Å². The zero-order valence-corrected chi connectivity index (χ0v) is 22.3. The summed E-state index contributed by atoms with van der Waals surface area (Å²) in [7, 11) is 0. The van der Waals surface area contributed by atoms with E-state index in [9.17, 15) is 19.2 Å². The maximum atomic E-state index is 12.9. The molecule has 2 N–H and O–H groups in total. The predicted octanol–water partition coefficient (Wildman–Crippen LogP) is 4.90. The fraction of sp³-hybridized carbons (Fsp3) is 0.312. The van der Waals surface area contributed by atoms with Crippen LogP contribution in [0.5, 0.6) is 0 Å². The normalized spacial score (nSPS) is 12.5. The SMILES string of the molecule is O=CCCC(=O)NCCCCC(NC(=O)OCC1c2ccccc2-c2ccccc21)C(=O)OCc1ccccc1. The molecule has 0 fully saturated rings. The van der Waals surface area contributed by atoms with Crippen molar-refractivity contribution in [2.24, 2.45) is 0 Å². The highest BCUT2D eigenvalue weighted by molar-refractivity contribution is 5.82. The molecule has 40 heavy (non-hydrogen) atoms. The second-order valence-corrected chi connectivity index (χ2v) is 9.67. The lowest BCUT2D eigenvalue weighted by Gasteiger charge is -2.19. The third-order valence-electron chi connectivity index (χ3n) is 6.88. The molecule has 3 aromatic rings.